The number of nitrogens with two attached hydrogens (primary N) is 1. The van der Waals surface area contributed by atoms with E-state index in [2.05, 4.69) is 4.36 Å². The molecule has 2 atom stereocenters. The maximum atomic E-state index is 10.6. The summed E-state index contributed by atoms with van der Waals surface area (Å²) in [5, 5.41) is 0. The lowest BCUT2D eigenvalue weighted by atomic mass is 9.80. The van der Waals surface area contributed by atoms with Crippen LogP contribution in [-0.4, -0.2) is 20.5 Å². The van der Waals surface area contributed by atoms with Gasteiger partial charge in [-0.25, -0.2) is 0 Å². The van der Waals surface area contributed by atoms with Crippen LogP contribution < -0.4 is 5.73 Å². The second kappa shape index (κ2) is 6.05. The molecule has 0 radical (unpaired) electrons. The van der Waals surface area contributed by atoms with Crippen LogP contribution in [-0.2, 0) is 10.5 Å². The van der Waals surface area contributed by atoms with Crippen molar-refractivity contribution in [2.24, 2.45) is 16.0 Å². The van der Waals surface area contributed by atoms with Gasteiger partial charge in [0.15, 0.2) is 0 Å². The number of halogens is 1. The van der Waals surface area contributed by atoms with Crippen LogP contribution in [0.4, 0.5) is 0 Å². The number of hydrogen-bond acceptors (Lipinski definition) is 4. The molecular weight excluding hydrogens is 236 g/mol. The number of rotatable bonds is 3. The first-order valence-electron chi connectivity index (χ1n) is 4.49. The van der Waals surface area contributed by atoms with Crippen LogP contribution in [0.1, 0.15) is 13.3 Å². The monoisotopic (exact) mass is 250 g/mol. The van der Waals surface area contributed by atoms with E-state index in [0.717, 1.165) is 0 Å². The molecule has 0 aromatic carbocycles. The minimum absolute atomic E-state index is 0. The first kappa shape index (κ1) is 14.3. The van der Waals surface area contributed by atoms with Crippen molar-refractivity contribution in [3.8, 4) is 0 Å². The van der Waals surface area contributed by atoms with Crippen LogP contribution >= 0.6 is 12.4 Å². The third-order valence-corrected chi connectivity index (χ3v) is 2.96. The van der Waals surface area contributed by atoms with E-state index in [9.17, 15) is 8.42 Å². The lowest BCUT2D eigenvalue weighted by Gasteiger charge is -2.30. The summed E-state index contributed by atoms with van der Waals surface area (Å²) in [7, 11) is -2.39. The van der Waals surface area contributed by atoms with Crippen LogP contribution in [0.15, 0.2) is 28.7 Å². The lowest BCUT2D eigenvalue weighted by molar-refractivity contribution is 0.398. The van der Waals surface area contributed by atoms with E-state index >= 15 is 0 Å². The maximum absolute atomic E-state index is 10.6. The Morgan fingerprint density at radius 2 is 2.13 bits per heavy atom. The Labute approximate surface area is 97.4 Å². The fraction of sp³-hybridized carbons (Fsp3) is 0.556. The fourth-order valence-electron chi connectivity index (χ4n) is 1.61. The molecule has 1 aliphatic carbocycles. The summed E-state index contributed by atoms with van der Waals surface area (Å²) in [6.07, 6.45) is 7.99. The number of hydrogen-bond donors (Lipinski definition) is 1. The van der Waals surface area contributed by atoms with Gasteiger partial charge in [0.05, 0.1) is 0 Å². The normalized spacial score (nSPS) is 28.3. The van der Waals surface area contributed by atoms with Crippen LogP contribution in [0.5, 0.6) is 0 Å². The summed E-state index contributed by atoms with van der Waals surface area (Å²) in [6, 6.07) is 0. The van der Waals surface area contributed by atoms with Gasteiger partial charge in [-0.15, -0.1) is 12.4 Å². The van der Waals surface area contributed by atoms with E-state index in [1.807, 2.05) is 25.2 Å². The molecule has 2 unspecified atom stereocenters. The van der Waals surface area contributed by atoms with Crippen LogP contribution in [0, 0.1) is 5.92 Å². The summed E-state index contributed by atoms with van der Waals surface area (Å²) in [5.74, 6) is 0.0638. The molecule has 0 amide bonds. The summed E-state index contributed by atoms with van der Waals surface area (Å²) >= 11 is 0. The van der Waals surface area contributed by atoms with Gasteiger partial charge in [0.1, 0.15) is 5.54 Å². The second-order valence-electron chi connectivity index (χ2n) is 3.37. The second-order valence-corrected chi connectivity index (χ2v) is 3.99. The maximum Gasteiger partial charge on any atom is 0.312 e. The molecule has 0 saturated carbocycles. The first-order chi connectivity index (χ1) is 6.60. The summed E-state index contributed by atoms with van der Waals surface area (Å²) in [6.45, 7) is 2.36. The zero-order valence-corrected chi connectivity index (χ0v) is 10.1. The van der Waals surface area contributed by atoms with Crippen LogP contribution in [0.3, 0.4) is 0 Å². The van der Waals surface area contributed by atoms with Crippen LogP contribution in [0.2, 0.25) is 0 Å². The molecule has 0 aromatic heterocycles. The van der Waals surface area contributed by atoms with Crippen molar-refractivity contribution in [2.75, 3.05) is 6.54 Å². The Morgan fingerprint density at radius 1 is 1.47 bits per heavy atom. The van der Waals surface area contributed by atoms with Crippen molar-refractivity contribution in [1.29, 1.82) is 0 Å². The highest BCUT2D eigenvalue weighted by Crippen LogP contribution is 2.31. The minimum atomic E-state index is -2.39. The molecule has 0 bridgehead atoms. The molecule has 4 nitrogen and oxygen atoms in total. The van der Waals surface area contributed by atoms with E-state index in [1.54, 1.807) is 6.08 Å². The van der Waals surface area contributed by atoms with Gasteiger partial charge in [0.25, 0.3) is 0 Å². The molecule has 0 fully saturated rings. The fourth-order valence-corrected chi connectivity index (χ4v) is 2.21. The topological polar surface area (TPSA) is 72.5 Å². The Morgan fingerprint density at radius 3 is 2.60 bits per heavy atom. The van der Waals surface area contributed by atoms with Gasteiger partial charge in [-0.2, -0.15) is 12.8 Å². The summed E-state index contributed by atoms with van der Waals surface area (Å²) in [4.78, 5) is 0. The molecule has 2 N–H and O–H groups in total. The largest absolute Gasteiger partial charge is 0.330 e. The van der Waals surface area contributed by atoms with Crippen molar-refractivity contribution in [1.82, 2.24) is 0 Å². The number of allylic oxidation sites excluding steroid dienone is 2. The van der Waals surface area contributed by atoms with E-state index in [1.165, 1.54) is 0 Å². The van der Waals surface area contributed by atoms with Gasteiger partial charge in [0.2, 0.25) is 0 Å². The Kier molecular flexibility index (Phi) is 5.79. The van der Waals surface area contributed by atoms with Gasteiger partial charge in [0, 0.05) is 5.92 Å². The lowest BCUT2D eigenvalue weighted by Crippen LogP contribution is -2.34. The molecule has 15 heavy (non-hydrogen) atoms. The van der Waals surface area contributed by atoms with Crippen molar-refractivity contribution < 1.29 is 8.42 Å². The standard InChI is InChI=1S/C9H14N2O2S.ClH/c1-8-4-2-3-5-9(8,6-7-10)11-14(12)13;/h2-5,8H,6-7,10H2,1H3;1H. The summed E-state index contributed by atoms with van der Waals surface area (Å²) < 4.78 is 25.0. The highest BCUT2D eigenvalue weighted by molar-refractivity contribution is 7.61. The van der Waals surface area contributed by atoms with Crippen molar-refractivity contribution >= 4 is 22.9 Å². The third-order valence-electron chi connectivity index (χ3n) is 2.47. The molecule has 0 spiro atoms. The van der Waals surface area contributed by atoms with Gasteiger partial charge in [-0.3, -0.25) is 0 Å². The van der Waals surface area contributed by atoms with Crippen molar-refractivity contribution in [3.63, 3.8) is 0 Å². The molecule has 0 aromatic rings. The highest BCUT2D eigenvalue weighted by Gasteiger charge is 2.33. The van der Waals surface area contributed by atoms with E-state index in [4.69, 9.17) is 5.73 Å². The predicted octanol–water partition coefficient (Wildman–Crippen LogP) is 1.32. The first-order valence-corrected chi connectivity index (χ1v) is 5.52. The van der Waals surface area contributed by atoms with Gasteiger partial charge in [-0.05, 0) is 13.0 Å². The van der Waals surface area contributed by atoms with Crippen molar-refractivity contribution in [2.45, 2.75) is 18.9 Å². The Bertz CT molecular complexity index is 381. The van der Waals surface area contributed by atoms with E-state index in [-0.39, 0.29) is 18.3 Å². The average molecular weight is 251 g/mol. The molecule has 0 saturated heterocycles. The molecule has 86 valence electrons. The van der Waals surface area contributed by atoms with Gasteiger partial charge in [-0.1, -0.05) is 31.2 Å². The average Bonchev–Trinajstić information content (AvgIpc) is 2.09. The Balaban J connectivity index is 0.00000196. The summed E-state index contributed by atoms with van der Waals surface area (Å²) in [5.41, 5.74) is 4.79. The smallest absolute Gasteiger partial charge is 0.312 e. The minimum Gasteiger partial charge on any atom is -0.330 e. The zero-order valence-electron chi connectivity index (χ0n) is 8.46. The molecule has 0 heterocycles. The van der Waals surface area contributed by atoms with Crippen LogP contribution in [0.25, 0.3) is 0 Å². The van der Waals surface area contributed by atoms with E-state index in [0.29, 0.717) is 13.0 Å². The van der Waals surface area contributed by atoms with Gasteiger partial charge >= 0.3 is 10.5 Å². The SMILES string of the molecule is CC1C=CC=CC1(CCN)N=S(=O)=O.Cl. The molecular formula is C9H15ClN2O2S. The van der Waals surface area contributed by atoms with Crippen molar-refractivity contribution in [3.05, 3.63) is 24.3 Å². The zero-order chi connectivity index (χ0) is 10.6. The van der Waals surface area contributed by atoms with E-state index < -0.39 is 16.0 Å². The number of nitrogens with zero attached hydrogens (tertiary/aromatic N) is 1. The molecule has 1 rings (SSSR count). The highest BCUT2D eigenvalue weighted by atomic mass is 35.5. The molecule has 1 aliphatic rings. The Hall–Kier alpha value is -0.650. The quantitative estimate of drug-likeness (QED) is 0.821. The third kappa shape index (κ3) is 3.44. The molecule has 6 heteroatoms. The molecule has 0 aliphatic heterocycles. The van der Waals surface area contributed by atoms with Gasteiger partial charge < -0.3 is 5.73 Å². The predicted molar refractivity (Wildman–Crippen MR) is 62.4 cm³/mol.